The number of amides is 2. The molecule has 1 atom stereocenters. The van der Waals surface area contributed by atoms with E-state index in [1.54, 1.807) is 27.9 Å². The number of alkyl carbamates (subject to hydrolysis) is 1. The molecule has 9 heteroatoms. The van der Waals surface area contributed by atoms with Gasteiger partial charge in [0.25, 0.3) is 0 Å². The first-order valence-electron chi connectivity index (χ1n) is 14.0. The van der Waals surface area contributed by atoms with E-state index < -0.39 is 11.7 Å². The second kappa shape index (κ2) is 15.8. The second-order valence-electron chi connectivity index (χ2n) is 11.0. The number of rotatable bonds is 12. The van der Waals surface area contributed by atoms with Crippen molar-refractivity contribution in [1.82, 2.24) is 10.0 Å². The number of anilines is 1. The highest BCUT2D eigenvalue weighted by molar-refractivity contribution is 7.97. The van der Waals surface area contributed by atoms with Crippen LogP contribution in [0.5, 0.6) is 5.75 Å². The summed E-state index contributed by atoms with van der Waals surface area (Å²) in [5.41, 5.74) is 4.79. The molecule has 0 radical (unpaired) electrons. The normalized spacial score (nSPS) is 12.2. The first-order chi connectivity index (χ1) is 20.5. The number of carbonyl (C=O) groups excluding carboxylic acids is 2. The van der Waals surface area contributed by atoms with Crippen molar-refractivity contribution < 1.29 is 19.1 Å². The van der Waals surface area contributed by atoms with Gasteiger partial charge in [-0.25, -0.2) is 4.79 Å². The Morgan fingerprint density at radius 1 is 1.07 bits per heavy atom. The van der Waals surface area contributed by atoms with E-state index in [9.17, 15) is 9.59 Å². The standard InChI is InChI=1S/C34H40N4O4S/c1-8-25-11-9-12-26(20-25)21-31(24(3)36-30-16-15-28(41-7)19-23(30)2)38-43-29-14-10-13-27(22-29)37-32(39)17-18-35-33(40)42-34(4,5)6/h1,9-16,19-20,22,31,38H,17-18,21H2,2-7H3,(H,35,40)(H,37,39). The van der Waals surface area contributed by atoms with Gasteiger partial charge < -0.3 is 20.1 Å². The van der Waals surface area contributed by atoms with Gasteiger partial charge in [-0.1, -0.05) is 24.1 Å². The molecule has 0 spiro atoms. The minimum atomic E-state index is -0.595. The number of carbonyl (C=O) groups is 2. The number of nitrogens with zero attached hydrogens (tertiary/aromatic N) is 1. The average molecular weight is 601 g/mol. The second-order valence-corrected chi connectivity index (χ2v) is 11.9. The van der Waals surface area contributed by atoms with E-state index in [1.165, 1.54) is 11.9 Å². The van der Waals surface area contributed by atoms with Crippen LogP contribution in [-0.2, 0) is 16.0 Å². The fourth-order valence-electron chi connectivity index (χ4n) is 4.04. The van der Waals surface area contributed by atoms with Crippen molar-refractivity contribution in [3.8, 4) is 18.1 Å². The average Bonchev–Trinajstić information content (AvgIpc) is 2.95. The molecule has 3 aromatic rings. The molecule has 0 bridgehead atoms. The van der Waals surface area contributed by atoms with Crippen LogP contribution in [0, 0.1) is 19.3 Å². The van der Waals surface area contributed by atoms with E-state index in [1.807, 2.05) is 74.5 Å². The topological polar surface area (TPSA) is 101 Å². The van der Waals surface area contributed by atoms with Crippen LogP contribution < -0.4 is 20.1 Å². The lowest BCUT2D eigenvalue weighted by atomic mass is 10.0. The molecule has 0 saturated heterocycles. The lowest BCUT2D eigenvalue weighted by molar-refractivity contribution is -0.116. The molecule has 3 N–H and O–H groups in total. The molecule has 226 valence electrons. The van der Waals surface area contributed by atoms with Crippen LogP contribution >= 0.6 is 11.9 Å². The lowest BCUT2D eigenvalue weighted by Gasteiger charge is -2.20. The third kappa shape index (κ3) is 11.5. The molecule has 0 aliphatic rings. The number of terminal acetylenes is 1. The number of ether oxygens (including phenoxy) is 2. The van der Waals surface area contributed by atoms with E-state index in [0.717, 1.165) is 38.7 Å². The smallest absolute Gasteiger partial charge is 0.407 e. The zero-order valence-corrected chi connectivity index (χ0v) is 26.4. The quantitative estimate of drug-likeness (QED) is 0.120. The summed E-state index contributed by atoms with van der Waals surface area (Å²) in [6.07, 6.45) is 5.88. The van der Waals surface area contributed by atoms with Crippen LogP contribution in [-0.4, -0.2) is 43.0 Å². The molecule has 2 amide bonds. The van der Waals surface area contributed by atoms with Gasteiger partial charge >= 0.3 is 6.09 Å². The first-order valence-corrected chi connectivity index (χ1v) is 14.8. The summed E-state index contributed by atoms with van der Waals surface area (Å²) in [4.78, 5) is 30.2. The van der Waals surface area contributed by atoms with Crippen molar-refractivity contribution in [1.29, 1.82) is 0 Å². The molecule has 3 rings (SSSR count). The minimum absolute atomic E-state index is 0.114. The Bertz CT molecular complexity index is 1490. The van der Waals surface area contributed by atoms with E-state index in [0.29, 0.717) is 12.1 Å². The van der Waals surface area contributed by atoms with Crippen LogP contribution in [0.25, 0.3) is 0 Å². The maximum absolute atomic E-state index is 12.5. The molecule has 0 saturated carbocycles. The highest BCUT2D eigenvalue weighted by Crippen LogP contribution is 2.26. The molecule has 0 fully saturated rings. The first kappa shape index (κ1) is 33.2. The summed E-state index contributed by atoms with van der Waals surface area (Å²) < 4.78 is 14.1. The Morgan fingerprint density at radius 2 is 1.84 bits per heavy atom. The number of aryl methyl sites for hydroxylation is 1. The van der Waals surface area contributed by atoms with E-state index >= 15 is 0 Å². The molecule has 8 nitrogen and oxygen atoms in total. The fraction of sp³-hybridized carbons (Fsp3) is 0.324. The molecule has 0 heterocycles. The zero-order valence-electron chi connectivity index (χ0n) is 25.6. The van der Waals surface area contributed by atoms with Crippen molar-refractivity contribution >= 4 is 41.0 Å². The molecule has 0 aromatic heterocycles. The summed E-state index contributed by atoms with van der Waals surface area (Å²) >= 11 is 1.46. The summed E-state index contributed by atoms with van der Waals surface area (Å²) in [5.74, 6) is 3.28. The van der Waals surface area contributed by atoms with Crippen molar-refractivity contribution in [2.45, 2.75) is 64.0 Å². The van der Waals surface area contributed by atoms with Crippen LogP contribution in [0.4, 0.5) is 16.2 Å². The SMILES string of the molecule is C#Cc1cccc(CC(NSc2cccc(NC(=O)CCNC(=O)OC(C)(C)C)c2)C(C)=Nc2ccc(OC)cc2C)c1. The van der Waals surface area contributed by atoms with Gasteiger partial charge in [-0.3, -0.25) is 14.5 Å². The molecule has 0 aliphatic heterocycles. The summed E-state index contributed by atoms with van der Waals surface area (Å²) in [7, 11) is 1.65. The van der Waals surface area contributed by atoms with Gasteiger partial charge in [0.1, 0.15) is 11.4 Å². The molecule has 1 unspecified atom stereocenters. The zero-order chi connectivity index (χ0) is 31.4. The summed E-state index contributed by atoms with van der Waals surface area (Å²) in [6.45, 7) is 9.55. The molecular formula is C34H40N4O4S. The Kier molecular flexibility index (Phi) is 12.2. The van der Waals surface area contributed by atoms with E-state index in [-0.39, 0.29) is 24.9 Å². The van der Waals surface area contributed by atoms with Gasteiger partial charge in [0.05, 0.1) is 18.8 Å². The van der Waals surface area contributed by atoms with Crippen LogP contribution in [0.3, 0.4) is 0 Å². The molecular weight excluding hydrogens is 560 g/mol. The number of aliphatic imine (C=N–C) groups is 1. The van der Waals surface area contributed by atoms with Gasteiger partial charge in [0, 0.05) is 34.8 Å². The Morgan fingerprint density at radius 3 is 2.53 bits per heavy atom. The summed E-state index contributed by atoms with van der Waals surface area (Å²) in [6, 6.07) is 21.2. The van der Waals surface area contributed by atoms with Gasteiger partial charge in [0.15, 0.2) is 0 Å². The molecule has 3 aromatic carbocycles. The maximum atomic E-state index is 12.5. The third-order valence-electron chi connectivity index (χ3n) is 6.20. The van der Waals surface area contributed by atoms with Crippen molar-refractivity contribution in [3.05, 3.63) is 83.4 Å². The van der Waals surface area contributed by atoms with E-state index in [4.69, 9.17) is 20.9 Å². The van der Waals surface area contributed by atoms with Crippen molar-refractivity contribution in [3.63, 3.8) is 0 Å². The van der Waals surface area contributed by atoms with Crippen molar-refractivity contribution in [2.24, 2.45) is 4.99 Å². The number of methoxy groups -OCH3 is 1. The minimum Gasteiger partial charge on any atom is -0.497 e. The number of hydrogen-bond donors (Lipinski definition) is 3. The molecule has 0 aliphatic carbocycles. The largest absolute Gasteiger partial charge is 0.497 e. The Hall–Kier alpha value is -4.26. The number of hydrogen-bond acceptors (Lipinski definition) is 7. The molecule has 43 heavy (non-hydrogen) atoms. The lowest BCUT2D eigenvalue weighted by Crippen LogP contribution is -2.34. The van der Waals surface area contributed by atoms with Gasteiger partial charge in [-0.05, 0) is 113 Å². The van der Waals surface area contributed by atoms with E-state index in [2.05, 4.69) is 27.3 Å². The van der Waals surface area contributed by atoms with Crippen LogP contribution in [0.2, 0.25) is 0 Å². The third-order valence-corrected chi connectivity index (χ3v) is 7.09. The predicted octanol–water partition coefficient (Wildman–Crippen LogP) is 6.84. The van der Waals surface area contributed by atoms with Crippen molar-refractivity contribution in [2.75, 3.05) is 19.0 Å². The highest BCUT2D eigenvalue weighted by Gasteiger charge is 2.17. The van der Waals surface area contributed by atoms with Crippen LogP contribution in [0.1, 0.15) is 50.8 Å². The maximum Gasteiger partial charge on any atom is 0.407 e. The van der Waals surface area contributed by atoms with Gasteiger partial charge in [-0.2, -0.15) is 0 Å². The Balaban J connectivity index is 1.69. The number of nitrogens with one attached hydrogen (secondary N) is 3. The highest BCUT2D eigenvalue weighted by atomic mass is 32.2. The fourth-order valence-corrected chi connectivity index (χ4v) is 4.90. The van der Waals surface area contributed by atoms with Gasteiger partial charge in [-0.15, -0.1) is 6.42 Å². The predicted molar refractivity (Wildman–Crippen MR) is 175 cm³/mol. The number of benzene rings is 3. The van der Waals surface area contributed by atoms with Gasteiger partial charge in [0.2, 0.25) is 5.91 Å². The Labute approximate surface area is 259 Å². The van der Waals surface area contributed by atoms with Crippen LogP contribution in [0.15, 0.2) is 76.6 Å². The monoisotopic (exact) mass is 600 g/mol. The summed E-state index contributed by atoms with van der Waals surface area (Å²) in [5, 5.41) is 5.49.